The van der Waals surface area contributed by atoms with Crippen molar-refractivity contribution in [2.45, 2.75) is 5.41 Å². The third-order valence-corrected chi connectivity index (χ3v) is 7.64. The molecule has 6 rings (SSSR count). The number of fused-ring (bicyclic) bond motifs is 10. The van der Waals surface area contributed by atoms with Crippen LogP contribution in [0.25, 0.3) is 21.6 Å². The van der Waals surface area contributed by atoms with Crippen LogP contribution in [0.15, 0.2) is 81.1 Å². The van der Waals surface area contributed by atoms with E-state index in [4.69, 9.17) is 0 Å². The molecule has 0 radical (unpaired) electrons. The highest BCUT2D eigenvalue weighted by molar-refractivity contribution is 9.10. The Labute approximate surface area is 172 Å². The van der Waals surface area contributed by atoms with Gasteiger partial charge in [0, 0.05) is 13.8 Å². The number of rotatable bonds is 0. The van der Waals surface area contributed by atoms with Crippen molar-refractivity contribution in [2.24, 2.45) is 0 Å². The maximum absolute atomic E-state index is 3.72. The van der Waals surface area contributed by atoms with Crippen LogP contribution in [0.1, 0.15) is 22.3 Å². The van der Waals surface area contributed by atoms with Crippen molar-refractivity contribution < 1.29 is 0 Å². The largest absolute Gasteiger partial charge is 0.143 e. The summed E-state index contributed by atoms with van der Waals surface area (Å²) in [5, 5.41) is 2.23. The molecular formula is C23H12Br2S. The monoisotopic (exact) mass is 478 g/mol. The lowest BCUT2D eigenvalue weighted by atomic mass is 9.71. The fraction of sp³-hybridized carbons (Fsp3) is 0.0435. The van der Waals surface area contributed by atoms with Crippen molar-refractivity contribution in [1.82, 2.24) is 0 Å². The molecule has 2 aliphatic carbocycles. The van der Waals surface area contributed by atoms with Crippen molar-refractivity contribution in [3.05, 3.63) is 103 Å². The van der Waals surface area contributed by atoms with E-state index in [1.807, 2.05) is 11.3 Å². The fourth-order valence-electron chi connectivity index (χ4n) is 4.81. The molecule has 0 unspecified atom stereocenters. The van der Waals surface area contributed by atoms with Gasteiger partial charge in [0.05, 0.1) is 5.41 Å². The quantitative estimate of drug-likeness (QED) is 0.210. The minimum atomic E-state index is -0.218. The maximum atomic E-state index is 3.72. The zero-order chi connectivity index (χ0) is 17.5. The van der Waals surface area contributed by atoms with Crippen LogP contribution in [0.2, 0.25) is 0 Å². The molecule has 1 heterocycles. The summed E-state index contributed by atoms with van der Waals surface area (Å²) in [5.41, 5.74) is 9.40. The van der Waals surface area contributed by atoms with E-state index in [2.05, 4.69) is 104 Å². The van der Waals surface area contributed by atoms with Crippen molar-refractivity contribution in [2.75, 3.05) is 0 Å². The van der Waals surface area contributed by atoms with Crippen LogP contribution >= 0.6 is 43.2 Å². The predicted molar refractivity (Wildman–Crippen MR) is 116 cm³/mol. The Balaban J connectivity index is 1.87. The van der Waals surface area contributed by atoms with Gasteiger partial charge in [-0.25, -0.2) is 0 Å². The molecule has 0 N–H and O–H groups in total. The molecule has 2 aliphatic rings. The topological polar surface area (TPSA) is 0 Å². The lowest BCUT2D eigenvalue weighted by molar-refractivity contribution is 0.794. The molecule has 0 saturated carbocycles. The molecule has 124 valence electrons. The fourth-order valence-corrected chi connectivity index (χ4v) is 6.53. The van der Waals surface area contributed by atoms with Gasteiger partial charge in [-0.05, 0) is 74.7 Å². The van der Waals surface area contributed by atoms with Crippen LogP contribution in [0.5, 0.6) is 0 Å². The summed E-state index contributed by atoms with van der Waals surface area (Å²) in [6.07, 6.45) is 0. The molecule has 0 atom stereocenters. The van der Waals surface area contributed by atoms with E-state index in [9.17, 15) is 0 Å². The van der Waals surface area contributed by atoms with E-state index >= 15 is 0 Å². The van der Waals surface area contributed by atoms with Gasteiger partial charge < -0.3 is 0 Å². The number of halogens is 2. The van der Waals surface area contributed by atoms with E-state index in [1.165, 1.54) is 43.8 Å². The molecule has 1 aromatic heterocycles. The van der Waals surface area contributed by atoms with Gasteiger partial charge in [-0.1, -0.05) is 68.3 Å². The molecule has 0 saturated heterocycles. The van der Waals surface area contributed by atoms with E-state index < -0.39 is 0 Å². The zero-order valence-electron chi connectivity index (χ0n) is 13.6. The normalized spacial score (nSPS) is 14.8. The van der Waals surface area contributed by atoms with Gasteiger partial charge >= 0.3 is 0 Å². The summed E-state index contributed by atoms with van der Waals surface area (Å²) in [7, 11) is 0. The third kappa shape index (κ3) is 1.70. The Hall–Kier alpha value is -1.68. The summed E-state index contributed by atoms with van der Waals surface area (Å²) >= 11 is 9.29. The second kappa shape index (κ2) is 5.19. The summed E-state index contributed by atoms with van der Waals surface area (Å²) in [6.45, 7) is 0. The van der Waals surface area contributed by atoms with Crippen molar-refractivity contribution in [3.8, 4) is 21.6 Å². The van der Waals surface area contributed by atoms with Crippen LogP contribution in [0, 0.1) is 0 Å². The first-order valence-corrected chi connectivity index (χ1v) is 11.0. The van der Waals surface area contributed by atoms with E-state index in [0.29, 0.717) is 0 Å². The Morgan fingerprint density at radius 2 is 1.27 bits per heavy atom. The SMILES string of the molecule is Brc1ccc2c(c1)C1(c3cc(Br)ccc3-2)c2ccccc2-c2sccc21. The Morgan fingerprint density at radius 3 is 1.96 bits per heavy atom. The lowest BCUT2D eigenvalue weighted by Crippen LogP contribution is -2.25. The van der Waals surface area contributed by atoms with Crippen molar-refractivity contribution >= 4 is 43.2 Å². The minimum Gasteiger partial charge on any atom is -0.143 e. The molecule has 0 amide bonds. The van der Waals surface area contributed by atoms with E-state index in [0.717, 1.165) is 8.95 Å². The summed E-state index contributed by atoms with van der Waals surface area (Å²) in [5.74, 6) is 0. The standard InChI is InChI=1S/C23H12Br2S/c24-13-5-7-15-16-8-6-14(25)12-21(16)23(20(15)11-13)18-4-2-1-3-17(18)22-19(23)9-10-26-22/h1-12H. The van der Waals surface area contributed by atoms with Gasteiger partial charge in [-0.2, -0.15) is 0 Å². The zero-order valence-corrected chi connectivity index (χ0v) is 17.6. The molecule has 3 heteroatoms. The first-order valence-electron chi connectivity index (χ1n) is 8.49. The highest BCUT2D eigenvalue weighted by Crippen LogP contribution is 2.64. The van der Waals surface area contributed by atoms with E-state index in [1.54, 1.807) is 0 Å². The Kier molecular flexibility index (Phi) is 3.07. The number of benzene rings is 3. The number of thiophene rings is 1. The highest BCUT2D eigenvalue weighted by atomic mass is 79.9. The molecule has 26 heavy (non-hydrogen) atoms. The molecular weight excluding hydrogens is 468 g/mol. The Morgan fingerprint density at radius 1 is 0.615 bits per heavy atom. The molecule has 0 nitrogen and oxygen atoms in total. The van der Waals surface area contributed by atoms with Gasteiger partial charge in [-0.15, -0.1) is 11.3 Å². The minimum absolute atomic E-state index is 0.218. The van der Waals surface area contributed by atoms with Crippen molar-refractivity contribution in [3.63, 3.8) is 0 Å². The molecule has 4 aromatic rings. The van der Waals surface area contributed by atoms with Gasteiger partial charge in [0.1, 0.15) is 0 Å². The summed E-state index contributed by atoms with van der Waals surface area (Å²) < 4.78 is 2.26. The van der Waals surface area contributed by atoms with Gasteiger partial charge in [-0.3, -0.25) is 0 Å². The molecule has 0 aliphatic heterocycles. The summed E-state index contributed by atoms with van der Waals surface area (Å²) in [6, 6.07) is 24.7. The maximum Gasteiger partial charge on any atom is 0.0734 e. The number of hydrogen-bond donors (Lipinski definition) is 0. The average Bonchev–Trinajstić information content (AvgIpc) is 3.29. The second-order valence-electron chi connectivity index (χ2n) is 6.84. The number of hydrogen-bond acceptors (Lipinski definition) is 1. The molecule has 0 fully saturated rings. The van der Waals surface area contributed by atoms with Crippen LogP contribution in [-0.4, -0.2) is 0 Å². The van der Waals surface area contributed by atoms with Crippen LogP contribution < -0.4 is 0 Å². The van der Waals surface area contributed by atoms with E-state index in [-0.39, 0.29) is 5.41 Å². The van der Waals surface area contributed by atoms with Crippen LogP contribution in [-0.2, 0) is 5.41 Å². The highest BCUT2D eigenvalue weighted by Gasteiger charge is 2.52. The third-order valence-electron chi connectivity index (χ3n) is 5.71. The molecule has 1 spiro atoms. The Bertz CT molecular complexity index is 1170. The van der Waals surface area contributed by atoms with Gasteiger partial charge in [0.2, 0.25) is 0 Å². The van der Waals surface area contributed by atoms with Crippen LogP contribution in [0.3, 0.4) is 0 Å². The second-order valence-corrected chi connectivity index (χ2v) is 9.59. The van der Waals surface area contributed by atoms with Crippen molar-refractivity contribution in [1.29, 1.82) is 0 Å². The average molecular weight is 480 g/mol. The molecule has 0 bridgehead atoms. The predicted octanol–water partition coefficient (Wildman–Crippen LogP) is 7.62. The molecule has 3 aromatic carbocycles. The summed E-state index contributed by atoms with van der Waals surface area (Å²) in [4.78, 5) is 1.40. The van der Waals surface area contributed by atoms with Gasteiger partial charge in [0.25, 0.3) is 0 Å². The van der Waals surface area contributed by atoms with Crippen LogP contribution in [0.4, 0.5) is 0 Å². The lowest BCUT2D eigenvalue weighted by Gasteiger charge is -2.30. The van der Waals surface area contributed by atoms with Gasteiger partial charge in [0.15, 0.2) is 0 Å². The first kappa shape index (κ1) is 15.4. The first-order chi connectivity index (χ1) is 12.7. The smallest absolute Gasteiger partial charge is 0.0734 e.